The number of hydrogen-bond donors (Lipinski definition) is 0. The van der Waals surface area contributed by atoms with Crippen molar-refractivity contribution in [1.29, 1.82) is 0 Å². The summed E-state index contributed by atoms with van der Waals surface area (Å²) in [4.78, 5) is 0. The summed E-state index contributed by atoms with van der Waals surface area (Å²) in [6.07, 6.45) is 5.25. The number of hydrogen-bond acceptors (Lipinski definition) is 0. The zero-order valence-electron chi connectivity index (χ0n) is 81.8. The predicted octanol–water partition coefficient (Wildman–Crippen LogP) is 33.4. The molecule has 0 spiro atoms. The van der Waals surface area contributed by atoms with Crippen LogP contribution in [0.1, 0.15) is 202 Å². The first kappa shape index (κ1) is 106. The Balaban J connectivity index is 0.000000140. The molecule has 738 valence electrons. The smallest absolute Gasteiger partial charge is 0.194 e. The second-order valence-corrected chi connectivity index (χ2v) is 35.6. The molecule has 0 amide bonds. The zero-order chi connectivity index (χ0) is 106. The van der Waals surface area contributed by atoms with Crippen LogP contribution in [0.3, 0.4) is 0 Å². The molecular weight excluding hydrogens is 1920 g/mol. The van der Waals surface area contributed by atoms with Crippen LogP contribution >= 0.6 is 0 Å². The summed E-state index contributed by atoms with van der Waals surface area (Å²) in [5.41, 5.74) is 21.0. The molecule has 150 heavy (non-hydrogen) atoms. The summed E-state index contributed by atoms with van der Waals surface area (Å²) >= 11 is 0. The third-order valence-electron chi connectivity index (χ3n) is 24.2. The van der Waals surface area contributed by atoms with Crippen molar-refractivity contribution in [2.24, 2.45) is 0 Å². The summed E-state index contributed by atoms with van der Waals surface area (Å²) in [6, 6.07) is 87.3. The van der Waals surface area contributed by atoms with Crippen molar-refractivity contribution in [1.82, 2.24) is 0 Å². The maximum atomic E-state index is 15.1. The fraction of sp³-hybridized carbons (Fsp3) is 0.113. The Morgan fingerprint density at radius 1 is 0.227 bits per heavy atom. The molecule has 0 radical (unpaired) electrons. The third-order valence-corrected chi connectivity index (χ3v) is 24.2. The lowest BCUT2D eigenvalue weighted by Gasteiger charge is -2.10. The van der Waals surface area contributed by atoms with Gasteiger partial charge in [0.2, 0.25) is 0 Å². The maximum absolute atomic E-state index is 15.1. The van der Waals surface area contributed by atoms with Crippen molar-refractivity contribution < 1.29 is 74.6 Å². The second kappa shape index (κ2) is 49.3. The molecule has 2 aliphatic rings. The summed E-state index contributed by atoms with van der Waals surface area (Å²) in [6.45, 7) is 14.0. The van der Waals surface area contributed by atoms with Crippen LogP contribution in [0.4, 0.5) is 74.6 Å². The van der Waals surface area contributed by atoms with E-state index in [1.165, 1.54) is 59.2 Å². The predicted molar refractivity (Wildman–Crippen MR) is 561 cm³/mol. The van der Waals surface area contributed by atoms with Crippen LogP contribution in [0.25, 0.3) is 44.7 Å². The molecule has 0 aromatic heterocycles. The van der Waals surface area contributed by atoms with E-state index in [1.54, 1.807) is 30.3 Å². The third kappa shape index (κ3) is 28.2. The lowest BCUT2D eigenvalue weighted by Crippen LogP contribution is -1.97. The molecule has 2 fully saturated rings. The van der Waals surface area contributed by atoms with E-state index >= 15 is 4.39 Å². The minimum atomic E-state index is -1.74. The van der Waals surface area contributed by atoms with Gasteiger partial charge < -0.3 is 0 Å². The number of aryl methyl sites for hydroxylation is 7. The highest BCUT2D eigenvalue weighted by molar-refractivity contribution is 5.93. The Morgan fingerprint density at radius 3 is 0.947 bits per heavy atom. The Hall–Kier alpha value is -18.0. The van der Waals surface area contributed by atoms with Crippen LogP contribution < -0.4 is 0 Å². The summed E-state index contributed by atoms with van der Waals surface area (Å²) < 4.78 is 232. The van der Waals surface area contributed by atoms with Crippen molar-refractivity contribution in [2.75, 3.05) is 0 Å². The van der Waals surface area contributed by atoms with Gasteiger partial charge in [0.1, 0.15) is 17.5 Å². The Bertz CT molecular complexity index is 8410. The van der Waals surface area contributed by atoms with Gasteiger partial charge in [-0.25, -0.2) is 74.6 Å². The average molecular weight is 2010 g/mol. The molecule has 0 atom stereocenters. The average Bonchev–Trinajstić information content (AvgIpc) is 1.61. The van der Waals surface area contributed by atoms with Crippen LogP contribution in [0, 0.1) is 217 Å². The molecule has 0 N–H and O–H groups in total. The van der Waals surface area contributed by atoms with Gasteiger partial charge in [0.15, 0.2) is 81.5 Å². The molecule has 17 heteroatoms. The second-order valence-electron chi connectivity index (χ2n) is 35.6. The molecule has 0 unspecified atom stereocenters. The Kier molecular flexibility index (Phi) is 34.9. The number of rotatable bonds is 8. The van der Waals surface area contributed by atoms with E-state index in [4.69, 9.17) is 0 Å². The SMILES string of the molecule is CCc1cc(-c2ccc(-c3cc(F)c(F)c(F)c3)c(F)c2)ccc1C#Cc1ccc(C)cc1.CCc1cc(/C(F)=C(\F)c2cc(F)c(F)c(F)c2)ccc1C#Cc1ccc(C)cc1.Cc1ccc(C#Cc2ccc(C#Cc3cc(F)c(F)c(F)c3)c(F)c2C2CC2)cc1.Cc1ccc(C#Cc2ccc(C#Cc3cc(F)c(F)c(F)c3)cc2C2CC2)cc1.Cc1ccc(C#Cc2ccc(C#Cc3ccc(F)cc3)c3ccccc23)cc1. The molecule has 0 bridgehead atoms. The quantitative estimate of drug-likeness (QED) is 0.0616. The van der Waals surface area contributed by atoms with Gasteiger partial charge in [-0.05, 0) is 335 Å². The van der Waals surface area contributed by atoms with Crippen LogP contribution in [0.5, 0.6) is 0 Å². The van der Waals surface area contributed by atoms with Crippen LogP contribution in [-0.2, 0) is 12.8 Å². The summed E-state index contributed by atoms with van der Waals surface area (Å²) in [7, 11) is 0. The first-order chi connectivity index (χ1) is 72.2. The van der Waals surface area contributed by atoms with Gasteiger partial charge in [-0.3, -0.25) is 0 Å². The lowest BCUT2D eigenvalue weighted by molar-refractivity contribution is 0.446. The van der Waals surface area contributed by atoms with Crippen molar-refractivity contribution in [3.05, 3.63) is 553 Å². The molecule has 0 nitrogen and oxygen atoms in total. The summed E-state index contributed by atoms with van der Waals surface area (Å²) in [5.74, 6) is 27.6. The van der Waals surface area contributed by atoms with Crippen molar-refractivity contribution in [3.8, 4) is 117 Å². The van der Waals surface area contributed by atoms with Crippen molar-refractivity contribution in [2.45, 2.75) is 98.8 Å². The fourth-order valence-electron chi connectivity index (χ4n) is 15.6. The minimum Gasteiger partial charge on any atom is -0.207 e. The van der Waals surface area contributed by atoms with E-state index in [1.807, 2.05) is 211 Å². The lowest BCUT2D eigenvalue weighted by atomic mass is 9.95. The highest BCUT2D eigenvalue weighted by Gasteiger charge is 2.31. The first-order valence-corrected chi connectivity index (χ1v) is 47.7. The normalized spacial score (nSPS) is 11.4. The molecule has 17 aromatic rings. The number of halogens is 17. The monoisotopic (exact) mass is 2010 g/mol. The van der Waals surface area contributed by atoms with Gasteiger partial charge in [0, 0.05) is 106 Å². The zero-order valence-corrected chi connectivity index (χ0v) is 81.8. The first-order valence-electron chi connectivity index (χ1n) is 47.7. The van der Waals surface area contributed by atoms with Gasteiger partial charge >= 0.3 is 0 Å². The van der Waals surface area contributed by atoms with E-state index in [0.29, 0.717) is 52.3 Å². The van der Waals surface area contributed by atoms with E-state index in [0.717, 1.165) is 168 Å². The van der Waals surface area contributed by atoms with Crippen LogP contribution in [0.2, 0.25) is 0 Å². The summed E-state index contributed by atoms with van der Waals surface area (Å²) in [5, 5.41) is 2.14. The molecule has 17 aromatic carbocycles. The van der Waals surface area contributed by atoms with E-state index in [9.17, 15) is 70.2 Å². The molecule has 0 saturated heterocycles. The van der Waals surface area contributed by atoms with E-state index < -0.39 is 98.7 Å². The van der Waals surface area contributed by atoms with Gasteiger partial charge in [0.25, 0.3) is 0 Å². The van der Waals surface area contributed by atoms with Gasteiger partial charge in [-0.2, -0.15) is 0 Å². The van der Waals surface area contributed by atoms with Gasteiger partial charge in [-0.15, -0.1) is 0 Å². The standard InChI is InChI=1S/C29H20F4.C27H17F.C26H16F4.C26H17F3.C25H17F5/c1-3-20-14-22(11-10-21(20)9-8-19-6-4-18(2)5-7-19)23-12-13-25(26(30)15-23)24-16-27(31)29(33)28(32)17-24;1-20-6-8-21(9-7-20)10-14-23-16-17-24(27-5-3-2-4-26(23)27)15-11-22-12-18-25(28)19-13-22;1-16-2-4-17(5-3-16)6-8-19-12-13-21(25(29)24(19)20-10-11-20)9-7-18-14-22(27)26(30)23(28)15-18;1-17-2-4-18(5-3-17)8-10-21-11-9-19(14-23(21)22-12-13-22)6-7-20-15-24(27)26(29)25(28)16-20;1-3-17-12-19(11-10-18(17)9-8-16-6-4-15(2)5-7-16)23(28)24(29)20-13-21(26)25(30)22(27)14-20/h4-7,10-17H,3H2,1-2H3;2-9,12-13,16-19H,1H3;2-5,12-15,20H,10-11H2,1H3;2-5,9,11,14-16,22H,12-13H2,1H3;4-7,10-14H,3H2,1-2H3/b;;;;24-23+. The molecule has 19 rings (SSSR count). The Labute approximate surface area is 860 Å². The van der Waals surface area contributed by atoms with Gasteiger partial charge in [0.05, 0.1) is 5.56 Å². The van der Waals surface area contributed by atoms with Crippen molar-refractivity contribution >= 4 is 22.4 Å². The van der Waals surface area contributed by atoms with Crippen molar-refractivity contribution in [3.63, 3.8) is 0 Å². The fourth-order valence-corrected chi connectivity index (χ4v) is 15.6. The van der Waals surface area contributed by atoms with Crippen LogP contribution in [-0.4, -0.2) is 0 Å². The molecule has 2 aliphatic carbocycles. The largest absolute Gasteiger partial charge is 0.207 e. The highest BCUT2D eigenvalue weighted by Crippen LogP contribution is 2.45. The van der Waals surface area contributed by atoms with E-state index in [2.05, 4.69) is 126 Å². The molecule has 0 aliphatic heterocycles. The molecular formula is C133H87F17. The van der Waals surface area contributed by atoms with Crippen LogP contribution in [0.15, 0.2) is 315 Å². The number of benzene rings is 17. The Morgan fingerprint density at radius 2 is 0.527 bits per heavy atom. The number of fused-ring (bicyclic) bond motifs is 1. The topological polar surface area (TPSA) is 0 Å². The van der Waals surface area contributed by atoms with E-state index in [-0.39, 0.29) is 45.1 Å². The minimum absolute atomic E-state index is 0.00662. The van der Waals surface area contributed by atoms with Gasteiger partial charge in [-0.1, -0.05) is 246 Å². The molecule has 2 saturated carbocycles. The molecule has 0 heterocycles. The maximum Gasteiger partial charge on any atom is 0.194 e. The highest BCUT2D eigenvalue weighted by atomic mass is 19.2.